The summed E-state index contributed by atoms with van der Waals surface area (Å²) < 4.78 is 0. The average molecular weight is 239 g/mol. The van der Waals surface area contributed by atoms with Gasteiger partial charge in [-0.2, -0.15) is 0 Å². The Morgan fingerprint density at radius 1 is 1.17 bits per heavy atom. The highest BCUT2D eigenvalue weighted by molar-refractivity contribution is 5.77. The number of rotatable bonds is 1. The normalized spacial score (nSPS) is 11.0. The Kier molecular flexibility index (Phi) is 2.30. The number of aryl methyl sites for hydroxylation is 2. The van der Waals surface area contributed by atoms with Crippen molar-refractivity contribution in [3.63, 3.8) is 0 Å². The van der Waals surface area contributed by atoms with Crippen molar-refractivity contribution < 1.29 is 5.11 Å². The maximum atomic E-state index is 9.42. The number of hydrogen-bond acceptors (Lipinski definition) is 3. The smallest absolute Gasteiger partial charge is 0.178 e. The second-order valence-electron chi connectivity index (χ2n) is 4.47. The van der Waals surface area contributed by atoms with E-state index in [0.29, 0.717) is 5.65 Å². The van der Waals surface area contributed by atoms with E-state index in [2.05, 4.69) is 15.0 Å². The summed E-state index contributed by atoms with van der Waals surface area (Å²) in [5.74, 6) is 1.04. The molecule has 2 heterocycles. The first-order chi connectivity index (χ1) is 8.63. The van der Waals surface area contributed by atoms with Gasteiger partial charge in [-0.3, -0.25) is 0 Å². The van der Waals surface area contributed by atoms with E-state index in [0.717, 1.165) is 28.0 Å². The van der Waals surface area contributed by atoms with Crippen LogP contribution in [0.15, 0.2) is 30.5 Å². The van der Waals surface area contributed by atoms with Crippen LogP contribution in [-0.4, -0.2) is 20.1 Å². The van der Waals surface area contributed by atoms with Crippen molar-refractivity contribution >= 4 is 11.2 Å². The number of benzene rings is 1. The van der Waals surface area contributed by atoms with Crippen molar-refractivity contribution in [2.45, 2.75) is 13.8 Å². The number of phenolic OH excluding ortho intramolecular Hbond substituents is 1. The molecular formula is C14H13N3O. The molecule has 0 atom stereocenters. The molecule has 18 heavy (non-hydrogen) atoms. The number of nitrogens with one attached hydrogen (secondary N) is 1. The zero-order valence-corrected chi connectivity index (χ0v) is 10.2. The first-order valence-electron chi connectivity index (χ1n) is 5.76. The van der Waals surface area contributed by atoms with Crippen LogP contribution in [0.1, 0.15) is 11.1 Å². The number of phenols is 1. The second-order valence-corrected chi connectivity index (χ2v) is 4.47. The molecule has 0 unspecified atom stereocenters. The first kappa shape index (κ1) is 10.8. The molecule has 0 amide bonds. The Morgan fingerprint density at radius 3 is 2.78 bits per heavy atom. The highest BCUT2D eigenvalue weighted by Gasteiger charge is 2.09. The number of aromatic hydroxyl groups is 1. The third kappa shape index (κ3) is 1.72. The lowest BCUT2D eigenvalue weighted by molar-refractivity contribution is 0.475. The second kappa shape index (κ2) is 3.84. The van der Waals surface area contributed by atoms with E-state index in [4.69, 9.17) is 0 Å². The Balaban J connectivity index is 2.19. The van der Waals surface area contributed by atoms with E-state index >= 15 is 0 Å². The Bertz CT molecular complexity index is 731. The number of aromatic nitrogens is 3. The lowest BCUT2D eigenvalue weighted by Gasteiger charge is -2.02. The van der Waals surface area contributed by atoms with Crippen LogP contribution >= 0.6 is 0 Å². The van der Waals surface area contributed by atoms with Gasteiger partial charge in [-0.15, -0.1) is 0 Å². The van der Waals surface area contributed by atoms with Gasteiger partial charge in [-0.1, -0.05) is 0 Å². The topological polar surface area (TPSA) is 61.8 Å². The quantitative estimate of drug-likeness (QED) is 0.686. The number of imidazole rings is 1. The molecule has 2 N–H and O–H groups in total. The van der Waals surface area contributed by atoms with Crippen LogP contribution in [0.25, 0.3) is 22.6 Å². The summed E-state index contributed by atoms with van der Waals surface area (Å²) in [6, 6.07) is 7.26. The van der Waals surface area contributed by atoms with E-state index in [1.54, 1.807) is 18.3 Å². The van der Waals surface area contributed by atoms with E-state index in [9.17, 15) is 5.11 Å². The van der Waals surface area contributed by atoms with E-state index in [1.165, 1.54) is 0 Å². The Hall–Kier alpha value is -2.36. The minimum atomic E-state index is 0.265. The number of aromatic amines is 1. The van der Waals surface area contributed by atoms with Crippen molar-refractivity contribution in [3.05, 3.63) is 41.6 Å². The molecule has 4 heteroatoms. The average Bonchev–Trinajstić information content (AvgIpc) is 2.71. The SMILES string of the molecule is Cc1cnc2nc(-c3ccc(O)cc3C)[nH]c2c1. The van der Waals surface area contributed by atoms with Gasteiger partial charge in [0, 0.05) is 11.8 Å². The summed E-state index contributed by atoms with van der Waals surface area (Å²) in [6.07, 6.45) is 1.80. The molecule has 3 rings (SSSR count). The molecule has 0 saturated carbocycles. The summed E-state index contributed by atoms with van der Waals surface area (Å²) in [5, 5.41) is 9.42. The molecule has 0 radical (unpaired) electrons. The van der Waals surface area contributed by atoms with Crippen molar-refractivity contribution in [2.75, 3.05) is 0 Å². The molecule has 0 bridgehead atoms. The number of H-pyrrole nitrogens is 1. The fourth-order valence-corrected chi connectivity index (χ4v) is 2.05. The van der Waals surface area contributed by atoms with Crippen molar-refractivity contribution in [2.24, 2.45) is 0 Å². The van der Waals surface area contributed by atoms with Gasteiger partial charge < -0.3 is 10.1 Å². The van der Waals surface area contributed by atoms with Crippen LogP contribution < -0.4 is 0 Å². The first-order valence-corrected chi connectivity index (χ1v) is 5.76. The molecule has 0 fully saturated rings. The predicted octanol–water partition coefficient (Wildman–Crippen LogP) is 2.95. The molecule has 1 aromatic carbocycles. The molecule has 90 valence electrons. The Morgan fingerprint density at radius 2 is 2.00 bits per heavy atom. The van der Waals surface area contributed by atoms with Gasteiger partial charge in [-0.25, -0.2) is 9.97 Å². The largest absolute Gasteiger partial charge is 0.508 e. The van der Waals surface area contributed by atoms with Crippen LogP contribution in [0.4, 0.5) is 0 Å². The third-order valence-corrected chi connectivity index (χ3v) is 2.94. The van der Waals surface area contributed by atoms with Gasteiger partial charge in [-0.05, 0) is 49.2 Å². The molecule has 0 aliphatic rings. The zero-order valence-electron chi connectivity index (χ0n) is 10.2. The van der Waals surface area contributed by atoms with Gasteiger partial charge in [0.25, 0.3) is 0 Å². The van der Waals surface area contributed by atoms with Crippen LogP contribution in [0.3, 0.4) is 0 Å². The maximum Gasteiger partial charge on any atom is 0.178 e. The fourth-order valence-electron chi connectivity index (χ4n) is 2.05. The molecule has 0 spiro atoms. The summed E-state index contributed by atoms with van der Waals surface area (Å²) in [7, 11) is 0. The van der Waals surface area contributed by atoms with Crippen LogP contribution in [-0.2, 0) is 0 Å². The summed E-state index contributed by atoms with van der Waals surface area (Å²) in [4.78, 5) is 12.0. The van der Waals surface area contributed by atoms with Gasteiger partial charge in [0.15, 0.2) is 5.65 Å². The van der Waals surface area contributed by atoms with E-state index < -0.39 is 0 Å². The van der Waals surface area contributed by atoms with Gasteiger partial charge in [0.05, 0.1) is 5.52 Å². The lowest BCUT2D eigenvalue weighted by Crippen LogP contribution is -1.84. The summed E-state index contributed by atoms with van der Waals surface area (Å²) in [6.45, 7) is 3.94. The van der Waals surface area contributed by atoms with Crippen LogP contribution in [0, 0.1) is 13.8 Å². The highest BCUT2D eigenvalue weighted by atomic mass is 16.3. The van der Waals surface area contributed by atoms with Crippen molar-refractivity contribution in [1.29, 1.82) is 0 Å². The highest BCUT2D eigenvalue weighted by Crippen LogP contribution is 2.25. The molecule has 0 aliphatic carbocycles. The minimum absolute atomic E-state index is 0.265. The predicted molar refractivity (Wildman–Crippen MR) is 70.5 cm³/mol. The number of nitrogens with zero attached hydrogens (tertiary/aromatic N) is 2. The standard InChI is InChI=1S/C14H13N3O/c1-8-5-12-14(15-7-8)17-13(16-12)11-4-3-10(18)6-9(11)2/h3-7,18H,1-2H3,(H,15,16,17). The number of hydrogen-bond donors (Lipinski definition) is 2. The van der Waals surface area contributed by atoms with E-state index in [-0.39, 0.29) is 5.75 Å². The molecule has 0 aliphatic heterocycles. The zero-order chi connectivity index (χ0) is 12.7. The number of pyridine rings is 1. The molecule has 0 saturated heterocycles. The van der Waals surface area contributed by atoms with Crippen molar-refractivity contribution in [3.8, 4) is 17.1 Å². The molecule has 3 aromatic rings. The van der Waals surface area contributed by atoms with Gasteiger partial charge in [0.2, 0.25) is 0 Å². The molecule has 2 aromatic heterocycles. The lowest BCUT2D eigenvalue weighted by atomic mass is 10.1. The van der Waals surface area contributed by atoms with E-state index in [1.807, 2.05) is 26.0 Å². The third-order valence-electron chi connectivity index (χ3n) is 2.94. The van der Waals surface area contributed by atoms with Gasteiger partial charge >= 0.3 is 0 Å². The molecular weight excluding hydrogens is 226 g/mol. The monoisotopic (exact) mass is 239 g/mol. The molecule has 4 nitrogen and oxygen atoms in total. The van der Waals surface area contributed by atoms with Gasteiger partial charge in [0.1, 0.15) is 11.6 Å². The fraction of sp³-hybridized carbons (Fsp3) is 0.143. The summed E-state index contributed by atoms with van der Waals surface area (Å²) >= 11 is 0. The van der Waals surface area contributed by atoms with Crippen LogP contribution in [0.5, 0.6) is 5.75 Å². The Labute approximate surface area is 104 Å². The maximum absolute atomic E-state index is 9.42. The number of fused-ring (bicyclic) bond motifs is 1. The summed E-state index contributed by atoms with van der Waals surface area (Å²) in [5.41, 5.74) is 4.69. The minimum Gasteiger partial charge on any atom is -0.508 e. The van der Waals surface area contributed by atoms with Crippen LogP contribution in [0.2, 0.25) is 0 Å². The van der Waals surface area contributed by atoms with Crippen molar-refractivity contribution in [1.82, 2.24) is 15.0 Å².